The lowest BCUT2D eigenvalue weighted by atomic mass is 9.88. The number of carbonyl (C=O) groups is 1. The number of rotatable bonds is 2. The lowest BCUT2D eigenvalue weighted by Gasteiger charge is -2.17. The summed E-state index contributed by atoms with van der Waals surface area (Å²) in [5.41, 5.74) is 2.07. The Balaban J connectivity index is 2.40. The van der Waals surface area contributed by atoms with E-state index >= 15 is 0 Å². The number of aliphatic carboxylic acids is 1. The summed E-state index contributed by atoms with van der Waals surface area (Å²) >= 11 is 0. The minimum Gasteiger partial charge on any atom is -0.497 e. The average molecular weight is 176 g/mol. The summed E-state index contributed by atoms with van der Waals surface area (Å²) in [6.45, 7) is 0. The van der Waals surface area contributed by atoms with E-state index in [9.17, 15) is 4.79 Å². The van der Waals surface area contributed by atoms with Crippen LogP contribution in [0.5, 0.6) is 5.75 Å². The van der Waals surface area contributed by atoms with Gasteiger partial charge in [0.05, 0.1) is 12.7 Å². The summed E-state index contributed by atoms with van der Waals surface area (Å²) in [6, 6.07) is 5.40. The first-order chi connectivity index (χ1) is 6.22. The molecule has 0 unspecified atom stereocenters. The summed E-state index contributed by atoms with van der Waals surface area (Å²) in [5.74, 6) is -0.202. The molecular formula is C10H8O3. The van der Waals surface area contributed by atoms with Crippen molar-refractivity contribution in [3.63, 3.8) is 0 Å². The zero-order valence-corrected chi connectivity index (χ0v) is 7.07. The topological polar surface area (TPSA) is 46.5 Å². The molecule has 0 heterocycles. The van der Waals surface area contributed by atoms with Crippen LogP contribution in [0.2, 0.25) is 0 Å². The van der Waals surface area contributed by atoms with Gasteiger partial charge in [-0.15, -0.1) is 0 Å². The monoisotopic (exact) mass is 176 g/mol. The molecule has 3 nitrogen and oxygen atoms in total. The van der Waals surface area contributed by atoms with Gasteiger partial charge in [-0.25, -0.2) is 4.79 Å². The number of hydrogen-bond donors (Lipinski definition) is 1. The van der Waals surface area contributed by atoms with Gasteiger partial charge in [0, 0.05) is 0 Å². The molecular weight excluding hydrogens is 168 g/mol. The SMILES string of the molecule is COc1ccc2c(c1)C(C(=O)O)=C2. The van der Waals surface area contributed by atoms with Gasteiger partial charge in [0.25, 0.3) is 0 Å². The third-order valence-electron chi connectivity index (χ3n) is 2.08. The van der Waals surface area contributed by atoms with Crippen molar-refractivity contribution >= 4 is 17.6 Å². The molecule has 0 fully saturated rings. The van der Waals surface area contributed by atoms with Crippen LogP contribution in [0.1, 0.15) is 11.1 Å². The van der Waals surface area contributed by atoms with E-state index in [1.54, 1.807) is 19.3 Å². The molecule has 1 aliphatic rings. The van der Waals surface area contributed by atoms with E-state index in [0.717, 1.165) is 11.1 Å². The molecule has 66 valence electrons. The Bertz CT molecular complexity index is 405. The fourth-order valence-electron chi connectivity index (χ4n) is 1.35. The van der Waals surface area contributed by atoms with Crippen LogP contribution in [-0.4, -0.2) is 18.2 Å². The number of ether oxygens (including phenoxy) is 1. The second-order valence-electron chi connectivity index (χ2n) is 2.82. The summed E-state index contributed by atoms with van der Waals surface area (Å²) < 4.78 is 4.99. The van der Waals surface area contributed by atoms with Crippen molar-refractivity contribution in [2.24, 2.45) is 0 Å². The van der Waals surface area contributed by atoms with Gasteiger partial charge in [-0.3, -0.25) is 0 Å². The Kier molecular flexibility index (Phi) is 1.59. The highest BCUT2D eigenvalue weighted by atomic mass is 16.5. The number of carboxylic acid groups (broad SMARTS) is 1. The van der Waals surface area contributed by atoms with Crippen LogP contribution in [0.15, 0.2) is 18.2 Å². The number of carboxylic acids is 1. The van der Waals surface area contributed by atoms with Crippen molar-refractivity contribution in [1.82, 2.24) is 0 Å². The summed E-state index contributed by atoms with van der Waals surface area (Å²) in [6.07, 6.45) is 1.65. The molecule has 1 N–H and O–H groups in total. The predicted octanol–water partition coefficient (Wildman–Crippen LogP) is 1.63. The second kappa shape index (κ2) is 2.62. The quantitative estimate of drug-likeness (QED) is 0.745. The number of hydrogen-bond acceptors (Lipinski definition) is 2. The molecule has 3 heteroatoms. The van der Waals surface area contributed by atoms with Crippen LogP contribution in [0.4, 0.5) is 0 Å². The van der Waals surface area contributed by atoms with E-state index in [1.165, 1.54) is 0 Å². The molecule has 0 spiro atoms. The van der Waals surface area contributed by atoms with Gasteiger partial charge in [0.15, 0.2) is 0 Å². The molecule has 0 radical (unpaired) electrons. The van der Waals surface area contributed by atoms with Gasteiger partial charge < -0.3 is 9.84 Å². The Hall–Kier alpha value is -1.77. The highest BCUT2D eigenvalue weighted by Gasteiger charge is 2.22. The Morgan fingerprint density at radius 1 is 1.46 bits per heavy atom. The first-order valence-corrected chi connectivity index (χ1v) is 3.86. The average Bonchev–Trinajstić information content (AvgIpc) is 2.06. The van der Waals surface area contributed by atoms with Crippen molar-refractivity contribution in [3.8, 4) is 5.75 Å². The molecule has 0 aromatic heterocycles. The first-order valence-electron chi connectivity index (χ1n) is 3.86. The Morgan fingerprint density at radius 3 is 2.85 bits per heavy atom. The van der Waals surface area contributed by atoms with Gasteiger partial charge in [0.2, 0.25) is 0 Å². The third-order valence-corrected chi connectivity index (χ3v) is 2.08. The van der Waals surface area contributed by atoms with E-state index in [1.807, 2.05) is 12.1 Å². The van der Waals surface area contributed by atoms with Crippen molar-refractivity contribution in [3.05, 3.63) is 29.3 Å². The third kappa shape index (κ3) is 1.09. The van der Waals surface area contributed by atoms with Crippen LogP contribution >= 0.6 is 0 Å². The smallest absolute Gasteiger partial charge is 0.336 e. The standard InChI is InChI=1S/C10H8O3/c1-13-7-3-2-6-4-9(10(11)12)8(6)5-7/h2-5H,1H3,(H,11,12). The molecule has 0 atom stereocenters. The van der Waals surface area contributed by atoms with Crippen molar-refractivity contribution < 1.29 is 14.6 Å². The van der Waals surface area contributed by atoms with Crippen molar-refractivity contribution in [2.45, 2.75) is 0 Å². The Morgan fingerprint density at radius 2 is 2.23 bits per heavy atom. The van der Waals surface area contributed by atoms with Crippen LogP contribution in [0.25, 0.3) is 11.6 Å². The van der Waals surface area contributed by atoms with Crippen molar-refractivity contribution in [1.29, 1.82) is 0 Å². The van der Waals surface area contributed by atoms with Gasteiger partial charge >= 0.3 is 5.97 Å². The highest BCUT2D eigenvalue weighted by molar-refractivity contribution is 6.26. The molecule has 0 saturated heterocycles. The molecule has 2 rings (SSSR count). The van der Waals surface area contributed by atoms with Crippen molar-refractivity contribution in [2.75, 3.05) is 7.11 Å². The number of methoxy groups -OCH3 is 1. The predicted molar refractivity (Wildman–Crippen MR) is 48.5 cm³/mol. The van der Waals surface area contributed by atoms with E-state index < -0.39 is 5.97 Å². The van der Waals surface area contributed by atoms with Gasteiger partial charge in [-0.1, -0.05) is 6.07 Å². The lowest BCUT2D eigenvalue weighted by molar-refractivity contribution is -0.130. The largest absolute Gasteiger partial charge is 0.497 e. The summed E-state index contributed by atoms with van der Waals surface area (Å²) in [7, 11) is 1.56. The van der Waals surface area contributed by atoms with Gasteiger partial charge in [-0.05, 0) is 29.3 Å². The molecule has 13 heavy (non-hydrogen) atoms. The van der Waals surface area contributed by atoms with E-state index in [2.05, 4.69) is 0 Å². The summed E-state index contributed by atoms with van der Waals surface area (Å²) in [4.78, 5) is 10.6. The van der Waals surface area contributed by atoms with Crippen LogP contribution in [0.3, 0.4) is 0 Å². The maximum absolute atomic E-state index is 10.6. The lowest BCUT2D eigenvalue weighted by Crippen LogP contribution is -2.08. The van der Waals surface area contributed by atoms with Crippen LogP contribution < -0.4 is 4.74 Å². The molecule has 1 aromatic carbocycles. The fraction of sp³-hybridized carbons (Fsp3) is 0.100. The van der Waals surface area contributed by atoms with Crippen LogP contribution in [-0.2, 0) is 4.79 Å². The number of benzene rings is 1. The Labute approximate surface area is 75.3 Å². The normalized spacial score (nSPS) is 12.5. The molecule has 0 saturated carbocycles. The van der Waals surface area contributed by atoms with Gasteiger partial charge in [0.1, 0.15) is 5.75 Å². The van der Waals surface area contributed by atoms with E-state index in [0.29, 0.717) is 11.3 Å². The minimum absolute atomic E-state index is 0.355. The molecule has 0 aliphatic heterocycles. The molecule has 1 aliphatic carbocycles. The van der Waals surface area contributed by atoms with Gasteiger partial charge in [-0.2, -0.15) is 0 Å². The second-order valence-corrected chi connectivity index (χ2v) is 2.82. The first kappa shape index (κ1) is 7.86. The van der Waals surface area contributed by atoms with E-state index in [4.69, 9.17) is 9.84 Å². The maximum Gasteiger partial charge on any atom is 0.336 e. The number of fused-ring (bicyclic) bond motifs is 1. The molecule has 0 amide bonds. The highest BCUT2D eigenvalue weighted by Crippen LogP contribution is 2.34. The zero-order valence-electron chi connectivity index (χ0n) is 7.07. The molecule has 1 aromatic rings. The van der Waals surface area contributed by atoms with Crippen LogP contribution in [0, 0.1) is 0 Å². The maximum atomic E-state index is 10.6. The fourth-order valence-corrected chi connectivity index (χ4v) is 1.35. The molecule has 0 bridgehead atoms. The minimum atomic E-state index is -0.888. The van der Waals surface area contributed by atoms with E-state index in [-0.39, 0.29) is 0 Å². The summed E-state index contributed by atoms with van der Waals surface area (Å²) in [5, 5.41) is 8.73. The zero-order chi connectivity index (χ0) is 9.42.